The first-order valence-corrected chi connectivity index (χ1v) is 11.4. The molecule has 1 N–H and O–H groups in total. The molecule has 0 unspecified atom stereocenters. The summed E-state index contributed by atoms with van der Waals surface area (Å²) >= 11 is 3.25. The van der Waals surface area contributed by atoms with E-state index in [0.717, 1.165) is 6.07 Å². The van der Waals surface area contributed by atoms with Crippen LogP contribution < -0.4 is 19.6 Å². The fraction of sp³-hybridized carbons (Fsp3) is 0.120. The summed E-state index contributed by atoms with van der Waals surface area (Å²) in [5.41, 5.74) is 1.16. The molecular formula is C25H19BrF3N3O6. The Balaban J connectivity index is 1.70. The number of rotatable bonds is 10. The van der Waals surface area contributed by atoms with Gasteiger partial charge in [-0.15, -0.1) is 0 Å². The second-order valence-corrected chi connectivity index (χ2v) is 8.25. The van der Waals surface area contributed by atoms with Gasteiger partial charge in [0.25, 0.3) is 5.91 Å². The molecule has 0 aliphatic rings. The molecule has 3 aromatic carbocycles. The molecule has 9 nitrogen and oxygen atoms in total. The molecule has 38 heavy (non-hydrogen) atoms. The Hall–Kier alpha value is -4.39. The second kappa shape index (κ2) is 12.2. The molecule has 3 aromatic rings. The number of hydrogen-bond acceptors (Lipinski definition) is 7. The fourth-order valence-corrected chi connectivity index (χ4v) is 3.51. The Morgan fingerprint density at radius 2 is 1.82 bits per heavy atom. The number of nitro groups is 1. The minimum atomic E-state index is -4.74. The van der Waals surface area contributed by atoms with Gasteiger partial charge in [-0.05, 0) is 70.0 Å². The van der Waals surface area contributed by atoms with E-state index in [0.29, 0.717) is 33.7 Å². The highest BCUT2D eigenvalue weighted by Gasteiger charge is 2.33. The van der Waals surface area contributed by atoms with E-state index in [9.17, 15) is 28.1 Å². The highest BCUT2D eigenvalue weighted by molar-refractivity contribution is 9.10. The van der Waals surface area contributed by atoms with Crippen LogP contribution in [0.3, 0.4) is 0 Å². The van der Waals surface area contributed by atoms with Crippen LogP contribution in [0.15, 0.2) is 76.8 Å². The lowest BCUT2D eigenvalue weighted by Gasteiger charge is -2.11. The highest BCUT2D eigenvalue weighted by atomic mass is 79.9. The maximum Gasteiger partial charge on any atom is 0.416 e. The van der Waals surface area contributed by atoms with Gasteiger partial charge in [0.15, 0.2) is 11.5 Å². The number of ether oxygens (including phenoxy) is 3. The number of benzene rings is 3. The van der Waals surface area contributed by atoms with Crippen molar-refractivity contribution in [2.45, 2.75) is 6.18 Å². The quantitative estimate of drug-likeness (QED) is 0.124. The Kier molecular flexibility index (Phi) is 9.07. The molecule has 0 radical (unpaired) electrons. The summed E-state index contributed by atoms with van der Waals surface area (Å²) in [5, 5.41) is 15.2. The van der Waals surface area contributed by atoms with Gasteiger partial charge in [0, 0.05) is 11.6 Å². The van der Waals surface area contributed by atoms with E-state index < -0.39 is 28.3 Å². The normalized spacial score (nSPS) is 11.2. The number of halogens is 4. The minimum absolute atomic E-state index is 0.111. The molecule has 0 bridgehead atoms. The van der Waals surface area contributed by atoms with Gasteiger partial charge < -0.3 is 14.2 Å². The third kappa shape index (κ3) is 7.09. The predicted octanol–water partition coefficient (Wildman–Crippen LogP) is 6.51. The summed E-state index contributed by atoms with van der Waals surface area (Å²) in [5.74, 6) is 0.0367. The van der Waals surface area contributed by atoms with E-state index >= 15 is 0 Å². The zero-order valence-corrected chi connectivity index (χ0v) is 21.2. The van der Waals surface area contributed by atoms with Crippen molar-refractivity contribution in [3.63, 3.8) is 0 Å². The maximum atomic E-state index is 12.9. The molecule has 0 aromatic heterocycles. The number of nitrogens with zero attached hydrogens (tertiary/aromatic N) is 2. The van der Waals surface area contributed by atoms with Crippen LogP contribution in [0.5, 0.6) is 23.0 Å². The Morgan fingerprint density at radius 1 is 1.11 bits per heavy atom. The van der Waals surface area contributed by atoms with Crippen molar-refractivity contribution >= 4 is 33.7 Å². The molecular weight excluding hydrogens is 575 g/mol. The van der Waals surface area contributed by atoms with E-state index in [1.807, 2.05) is 0 Å². The zero-order valence-electron chi connectivity index (χ0n) is 19.6. The molecule has 0 fully saturated rings. The second-order valence-electron chi connectivity index (χ2n) is 7.39. The van der Waals surface area contributed by atoms with Gasteiger partial charge in [-0.25, -0.2) is 5.43 Å². The van der Waals surface area contributed by atoms with Crippen LogP contribution in [0, 0.1) is 10.1 Å². The van der Waals surface area contributed by atoms with Gasteiger partial charge in [-0.3, -0.25) is 14.9 Å². The third-order valence-electron chi connectivity index (χ3n) is 4.82. The van der Waals surface area contributed by atoms with Gasteiger partial charge >= 0.3 is 11.9 Å². The number of hydrogen-bond donors (Lipinski definition) is 1. The Labute approximate surface area is 222 Å². The third-order valence-corrected chi connectivity index (χ3v) is 5.44. The average molecular weight is 594 g/mol. The van der Waals surface area contributed by atoms with Crippen LogP contribution in [0.25, 0.3) is 0 Å². The summed E-state index contributed by atoms with van der Waals surface area (Å²) in [6.45, 7) is 3.84. The van der Waals surface area contributed by atoms with Crippen LogP contribution in [0.4, 0.5) is 18.9 Å². The number of nitro benzene ring substituents is 1. The maximum absolute atomic E-state index is 12.9. The Morgan fingerprint density at radius 3 is 2.45 bits per heavy atom. The van der Waals surface area contributed by atoms with Crippen LogP contribution >= 0.6 is 15.9 Å². The van der Waals surface area contributed by atoms with E-state index in [2.05, 4.69) is 33.0 Å². The molecule has 0 atom stereocenters. The van der Waals surface area contributed by atoms with Crippen molar-refractivity contribution in [1.82, 2.24) is 5.43 Å². The largest absolute Gasteiger partial charge is 0.493 e. The summed E-state index contributed by atoms with van der Waals surface area (Å²) in [7, 11) is 1.44. The van der Waals surface area contributed by atoms with Crippen molar-refractivity contribution < 1.29 is 37.1 Å². The van der Waals surface area contributed by atoms with Crippen molar-refractivity contribution in [2.24, 2.45) is 5.10 Å². The number of alkyl halides is 3. The van der Waals surface area contributed by atoms with Gasteiger partial charge in [0.05, 0.1) is 28.3 Å². The van der Waals surface area contributed by atoms with Gasteiger partial charge in [-0.2, -0.15) is 18.3 Å². The number of nitrogens with one attached hydrogen (secondary N) is 1. The molecule has 0 saturated heterocycles. The predicted molar refractivity (Wildman–Crippen MR) is 136 cm³/mol. The fourth-order valence-electron chi connectivity index (χ4n) is 3.03. The first-order chi connectivity index (χ1) is 18.0. The van der Waals surface area contributed by atoms with E-state index in [1.165, 1.54) is 43.7 Å². The number of amides is 1. The lowest BCUT2D eigenvalue weighted by molar-refractivity contribution is -0.385. The molecule has 0 aliphatic carbocycles. The molecule has 1 amide bonds. The molecule has 198 valence electrons. The number of hydrazone groups is 1. The van der Waals surface area contributed by atoms with Crippen LogP contribution in [-0.2, 0) is 6.18 Å². The standard InChI is InChI=1S/C25H19BrF3N3O6/c1-3-10-37-22-8-5-16(12-23(22)36-2)24(33)31-30-14-15-4-7-20(18(26)11-15)38-21-9-6-17(25(27,28)29)13-19(21)32(34)35/h3-9,11-14H,1,10H2,2H3,(H,31,33)/b30-14+. The topological polar surface area (TPSA) is 112 Å². The summed E-state index contributed by atoms with van der Waals surface area (Å²) in [6, 6.07) is 11.1. The number of methoxy groups -OCH3 is 1. The molecule has 0 aliphatic heterocycles. The monoisotopic (exact) mass is 593 g/mol. The van der Waals surface area contributed by atoms with E-state index in [-0.39, 0.29) is 23.7 Å². The Bertz CT molecular complexity index is 1400. The zero-order chi connectivity index (χ0) is 27.9. The van der Waals surface area contributed by atoms with E-state index in [4.69, 9.17) is 14.2 Å². The van der Waals surface area contributed by atoms with Crippen LogP contribution in [0.2, 0.25) is 0 Å². The van der Waals surface area contributed by atoms with Crippen LogP contribution in [0.1, 0.15) is 21.5 Å². The van der Waals surface area contributed by atoms with Crippen molar-refractivity contribution in [2.75, 3.05) is 13.7 Å². The molecule has 3 rings (SSSR count). The van der Waals surface area contributed by atoms with E-state index in [1.54, 1.807) is 12.1 Å². The first kappa shape index (κ1) is 28.2. The summed E-state index contributed by atoms with van der Waals surface area (Å²) < 4.78 is 55.2. The van der Waals surface area contributed by atoms with Gasteiger partial charge in [-0.1, -0.05) is 12.7 Å². The lowest BCUT2D eigenvalue weighted by Crippen LogP contribution is -2.17. The first-order valence-electron chi connectivity index (χ1n) is 10.6. The molecule has 0 heterocycles. The van der Waals surface area contributed by atoms with Crippen LogP contribution in [-0.4, -0.2) is 30.8 Å². The molecule has 0 spiro atoms. The smallest absolute Gasteiger partial charge is 0.416 e. The number of carbonyl (C=O) groups excluding carboxylic acids is 1. The highest BCUT2D eigenvalue weighted by Crippen LogP contribution is 2.39. The summed E-state index contributed by atoms with van der Waals surface area (Å²) in [6.07, 6.45) is -1.83. The van der Waals surface area contributed by atoms with Crippen molar-refractivity contribution in [3.8, 4) is 23.0 Å². The average Bonchev–Trinajstić information content (AvgIpc) is 2.88. The van der Waals surface area contributed by atoms with Crippen molar-refractivity contribution in [3.05, 3.63) is 98.5 Å². The molecule has 13 heteroatoms. The number of carbonyl (C=O) groups is 1. The lowest BCUT2D eigenvalue weighted by atomic mass is 10.2. The van der Waals surface area contributed by atoms with Gasteiger partial charge in [0.1, 0.15) is 12.4 Å². The SMILES string of the molecule is C=CCOc1ccc(C(=O)N/N=C/c2ccc(Oc3ccc(C(F)(F)F)cc3[N+](=O)[O-])c(Br)c2)cc1OC. The van der Waals surface area contributed by atoms with Gasteiger partial charge in [0.2, 0.25) is 5.75 Å². The minimum Gasteiger partial charge on any atom is -0.493 e. The molecule has 0 saturated carbocycles. The van der Waals surface area contributed by atoms with Crippen molar-refractivity contribution in [1.29, 1.82) is 0 Å². The summed E-state index contributed by atoms with van der Waals surface area (Å²) in [4.78, 5) is 22.8.